The van der Waals surface area contributed by atoms with Crippen molar-refractivity contribution >= 4 is 34.8 Å². The Hall–Kier alpha value is -3.03. The summed E-state index contributed by atoms with van der Waals surface area (Å²) in [6.07, 6.45) is -1.72. The molecule has 3 N–H and O–H groups in total. The fraction of sp³-hybridized carbons (Fsp3) is 0.0667. The van der Waals surface area contributed by atoms with Crippen LogP contribution in [-0.4, -0.2) is 23.0 Å². The maximum atomic E-state index is 12.3. The fourth-order valence-corrected chi connectivity index (χ4v) is 2.20. The van der Waals surface area contributed by atoms with Gasteiger partial charge in [-0.3, -0.25) is 9.59 Å². The molecule has 0 fully saturated rings. The molecule has 2 amide bonds. The van der Waals surface area contributed by atoms with Crippen LogP contribution in [0.4, 0.5) is 24.5 Å². The Balaban J connectivity index is 1.95. The first-order valence-electron chi connectivity index (χ1n) is 6.53. The van der Waals surface area contributed by atoms with Crippen molar-refractivity contribution in [1.29, 1.82) is 0 Å². The van der Waals surface area contributed by atoms with Crippen molar-refractivity contribution in [3.63, 3.8) is 0 Å². The Labute approximate surface area is 128 Å². The number of aromatic nitrogens is 1. The third kappa shape index (κ3) is 2.96. The SMILES string of the molecule is O=C1Nc2ccc(NC(=O)C(F)(F)F)cc2C1=Cc1ccc[nH]1. The summed E-state index contributed by atoms with van der Waals surface area (Å²) in [5, 5.41) is 4.38. The molecule has 0 radical (unpaired) electrons. The van der Waals surface area contributed by atoms with E-state index in [2.05, 4.69) is 10.3 Å². The minimum absolute atomic E-state index is 0.0417. The van der Waals surface area contributed by atoms with Gasteiger partial charge in [-0.25, -0.2) is 0 Å². The smallest absolute Gasteiger partial charge is 0.362 e. The van der Waals surface area contributed by atoms with Gasteiger partial charge in [0.05, 0.1) is 5.57 Å². The summed E-state index contributed by atoms with van der Waals surface area (Å²) < 4.78 is 36.9. The lowest BCUT2D eigenvalue weighted by molar-refractivity contribution is -0.167. The van der Waals surface area contributed by atoms with Crippen LogP contribution in [0, 0.1) is 0 Å². The number of carbonyl (C=O) groups is 2. The van der Waals surface area contributed by atoms with E-state index in [1.165, 1.54) is 18.2 Å². The molecule has 8 heteroatoms. The highest BCUT2D eigenvalue weighted by Crippen LogP contribution is 2.35. The highest BCUT2D eigenvalue weighted by atomic mass is 19.4. The molecule has 1 aliphatic heterocycles. The highest BCUT2D eigenvalue weighted by molar-refractivity contribution is 6.35. The lowest BCUT2D eigenvalue weighted by Gasteiger charge is -2.09. The van der Waals surface area contributed by atoms with Crippen molar-refractivity contribution in [2.75, 3.05) is 10.6 Å². The Bertz CT molecular complexity index is 808. The lowest BCUT2D eigenvalue weighted by atomic mass is 10.1. The summed E-state index contributed by atoms with van der Waals surface area (Å²) in [6.45, 7) is 0. The number of fused-ring (bicyclic) bond motifs is 1. The van der Waals surface area contributed by atoms with Gasteiger partial charge in [0.1, 0.15) is 0 Å². The van der Waals surface area contributed by atoms with Gasteiger partial charge in [0.25, 0.3) is 5.91 Å². The van der Waals surface area contributed by atoms with Gasteiger partial charge in [0.2, 0.25) is 0 Å². The molecule has 0 saturated heterocycles. The van der Waals surface area contributed by atoms with Crippen molar-refractivity contribution in [2.45, 2.75) is 6.18 Å². The van der Waals surface area contributed by atoms with E-state index in [4.69, 9.17) is 0 Å². The predicted octanol–water partition coefficient (Wildman–Crippen LogP) is 3.01. The molecule has 1 aliphatic rings. The van der Waals surface area contributed by atoms with E-state index >= 15 is 0 Å². The first-order chi connectivity index (χ1) is 10.8. The van der Waals surface area contributed by atoms with E-state index < -0.39 is 12.1 Å². The maximum Gasteiger partial charge on any atom is 0.471 e. The molecular weight excluding hydrogens is 311 g/mol. The Morgan fingerprint density at radius 1 is 1.22 bits per heavy atom. The summed E-state index contributed by atoms with van der Waals surface area (Å²) >= 11 is 0. The standard InChI is InChI=1S/C15H10F3N3O2/c16-15(17,18)14(23)20-9-3-4-12-10(7-9)11(13(22)21-12)6-8-2-1-5-19-8/h1-7,19H,(H,20,23)(H,21,22). The second-order valence-electron chi connectivity index (χ2n) is 4.85. The Morgan fingerprint density at radius 2 is 2.00 bits per heavy atom. The van der Waals surface area contributed by atoms with Crippen LogP contribution >= 0.6 is 0 Å². The first-order valence-corrected chi connectivity index (χ1v) is 6.53. The third-order valence-corrected chi connectivity index (χ3v) is 3.24. The summed E-state index contributed by atoms with van der Waals surface area (Å²) in [5.41, 5.74) is 1.82. The van der Waals surface area contributed by atoms with Crippen LogP contribution in [-0.2, 0) is 9.59 Å². The normalized spacial score (nSPS) is 15.4. The van der Waals surface area contributed by atoms with Gasteiger partial charge in [0.15, 0.2) is 0 Å². The Morgan fingerprint density at radius 3 is 2.65 bits per heavy atom. The molecule has 1 aromatic carbocycles. The Kier molecular flexibility index (Phi) is 3.44. The van der Waals surface area contributed by atoms with Crippen LogP contribution < -0.4 is 10.6 Å². The number of aromatic amines is 1. The van der Waals surface area contributed by atoms with Crippen molar-refractivity contribution in [3.05, 3.63) is 47.8 Å². The molecule has 118 valence electrons. The summed E-state index contributed by atoms with van der Waals surface area (Å²) in [7, 11) is 0. The summed E-state index contributed by atoms with van der Waals surface area (Å²) in [4.78, 5) is 25.9. The minimum atomic E-state index is -4.98. The zero-order valence-electron chi connectivity index (χ0n) is 11.5. The number of carbonyl (C=O) groups excluding carboxylic acids is 2. The molecule has 5 nitrogen and oxygen atoms in total. The topological polar surface area (TPSA) is 74.0 Å². The summed E-state index contributed by atoms with van der Waals surface area (Å²) in [6, 6.07) is 7.55. The van der Waals surface area contributed by atoms with Crippen LogP contribution in [0.2, 0.25) is 0 Å². The van der Waals surface area contributed by atoms with Crippen molar-refractivity contribution in [1.82, 2.24) is 4.98 Å². The van der Waals surface area contributed by atoms with Crippen LogP contribution in [0.15, 0.2) is 36.5 Å². The van der Waals surface area contributed by atoms with Gasteiger partial charge >= 0.3 is 12.1 Å². The predicted molar refractivity (Wildman–Crippen MR) is 78.4 cm³/mol. The summed E-state index contributed by atoms with van der Waals surface area (Å²) in [5.74, 6) is -2.43. The van der Waals surface area contributed by atoms with Crippen LogP contribution in [0.5, 0.6) is 0 Å². The minimum Gasteiger partial charge on any atom is -0.362 e. The molecule has 0 atom stereocenters. The monoisotopic (exact) mass is 321 g/mol. The number of anilines is 2. The number of hydrogen-bond donors (Lipinski definition) is 3. The highest BCUT2D eigenvalue weighted by Gasteiger charge is 2.38. The van der Waals surface area contributed by atoms with E-state index in [9.17, 15) is 22.8 Å². The number of H-pyrrole nitrogens is 1. The largest absolute Gasteiger partial charge is 0.471 e. The molecule has 0 unspecified atom stereocenters. The van der Waals surface area contributed by atoms with Gasteiger partial charge in [-0.05, 0) is 36.4 Å². The zero-order chi connectivity index (χ0) is 16.6. The van der Waals surface area contributed by atoms with Gasteiger partial charge in [0, 0.05) is 28.8 Å². The molecule has 0 bridgehead atoms. The number of nitrogens with one attached hydrogen (secondary N) is 3. The van der Waals surface area contributed by atoms with Gasteiger partial charge in [-0.2, -0.15) is 13.2 Å². The third-order valence-electron chi connectivity index (χ3n) is 3.24. The van der Waals surface area contributed by atoms with Crippen molar-refractivity contribution in [2.24, 2.45) is 0 Å². The molecule has 2 heterocycles. The molecule has 3 rings (SSSR count). The number of alkyl halides is 3. The first kappa shape index (κ1) is 14.9. The average Bonchev–Trinajstić information content (AvgIpc) is 3.08. The average molecular weight is 321 g/mol. The van der Waals surface area contributed by atoms with E-state index in [1.807, 2.05) is 0 Å². The molecule has 0 aliphatic carbocycles. The van der Waals surface area contributed by atoms with E-state index in [-0.39, 0.29) is 11.6 Å². The quantitative estimate of drug-likeness (QED) is 0.744. The second kappa shape index (κ2) is 5.31. The molecular formula is C15H10F3N3O2. The maximum absolute atomic E-state index is 12.3. The van der Waals surface area contributed by atoms with Gasteiger partial charge in [-0.15, -0.1) is 0 Å². The van der Waals surface area contributed by atoms with Crippen molar-refractivity contribution < 1.29 is 22.8 Å². The van der Waals surface area contributed by atoms with Crippen LogP contribution in [0.25, 0.3) is 11.6 Å². The van der Waals surface area contributed by atoms with E-state index in [0.717, 1.165) is 0 Å². The van der Waals surface area contributed by atoms with Crippen molar-refractivity contribution in [3.8, 4) is 0 Å². The number of rotatable bonds is 2. The molecule has 1 aromatic heterocycles. The van der Waals surface area contributed by atoms with Gasteiger partial charge in [-0.1, -0.05) is 0 Å². The molecule has 23 heavy (non-hydrogen) atoms. The van der Waals surface area contributed by atoms with Crippen LogP contribution in [0.3, 0.4) is 0 Å². The van der Waals surface area contributed by atoms with E-state index in [1.54, 1.807) is 29.7 Å². The number of halogens is 3. The molecule has 0 saturated carbocycles. The number of amides is 2. The molecule has 2 aromatic rings. The van der Waals surface area contributed by atoms with Gasteiger partial charge < -0.3 is 15.6 Å². The fourth-order valence-electron chi connectivity index (χ4n) is 2.20. The molecule has 0 spiro atoms. The van der Waals surface area contributed by atoms with E-state index in [0.29, 0.717) is 22.5 Å². The number of hydrogen-bond acceptors (Lipinski definition) is 2. The zero-order valence-corrected chi connectivity index (χ0v) is 11.5. The lowest BCUT2D eigenvalue weighted by Crippen LogP contribution is -2.29. The number of benzene rings is 1. The van der Waals surface area contributed by atoms with Crippen LogP contribution in [0.1, 0.15) is 11.3 Å². The second-order valence-corrected chi connectivity index (χ2v) is 4.85.